The zero-order valence-electron chi connectivity index (χ0n) is 9.83. The molecule has 17 heavy (non-hydrogen) atoms. The zero-order chi connectivity index (χ0) is 12.9. The van der Waals surface area contributed by atoms with E-state index >= 15 is 0 Å². The molecular weight excluding hydrogens is 224 g/mol. The van der Waals surface area contributed by atoms with Gasteiger partial charge < -0.3 is 19.7 Å². The molecule has 1 aromatic carbocycles. The van der Waals surface area contributed by atoms with Gasteiger partial charge in [-0.25, -0.2) is 4.79 Å². The number of aliphatic hydroxyl groups is 2. The zero-order valence-corrected chi connectivity index (χ0v) is 9.83. The van der Waals surface area contributed by atoms with Crippen molar-refractivity contribution in [1.82, 2.24) is 0 Å². The highest BCUT2D eigenvalue weighted by Gasteiger charge is 2.00. The Hall–Kier alpha value is -1.43. The molecule has 0 amide bonds. The SMILES string of the molecule is COC(=O)c1ccccc1.OCCOCCO. The van der Waals surface area contributed by atoms with Crippen LogP contribution < -0.4 is 0 Å². The maximum absolute atomic E-state index is 10.8. The van der Waals surface area contributed by atoms with E-state index in [1.807, 2.05) is 6.07 Å². The van der Waals surface area contributed by atoms with E-state index in [1.165, 1.54) is 7.11 Å². The smallest absolute Gasteiger partial charge is 0.337 e. The number of hydrogen-bond donors (Lipinski definition) is 2. The van der Waals surface area contributed by atoms with Crippen LogP contribution in [0.5, 0.6) is 0 Å². The molecule has 5 heteroatoms. The van der Waals surface area contributed by atoms with Gasteiger partial charge in [-0.3, -0.25) is 0 Å². The van der Waals surface area contributed by atoms with Crippen molar-refractivity contribution in [1.29, 1.82) is 0 Å². The lowest BCUT2D eigenvalue weighted by atomic mass is 10.2. The number of carbonyl (C=O) groups is 1. The number of aliphatic hydroxyl groups excluding tert-OH is 2. The average molecular weight is 242 g/mol. The molecule has 2 N–H and O–H groups in total. The standard InChI is InChI=1S/C8H8O2.C4H10O3/c1-10-8(9)7-5-3-2-4-6-7;5-1-3-7-4-2-6/h2-6H,1H3;5-6H,1-4H2. The van der Waals surface area contributed by atoms with Crippen molar-refractivity contribution in [3.8, 4) is 0 Å². The number of methoxy groups -OCH3 is 1. The molecule has 0 bridgehead atoms. The molecule has 0 aromatic heterocycles. The van der Waals surface area contributed by atoms with Crippen molar-refractivity contribution in [3.63, 3.8) is 0 Å². The summed E-state index contributed by atoms with van der Waals surface area (Å²) in [5, 5.41) is 16.2. The van der Waals surface area contributed by atoms with Gasteiger partial charge in [-0.1, -0.05) is 18.2 Å². The van der Waals surface area contributed by atoms with E-state index in [1.54, 1.807) is 24.3 Å². The monoisotopic (exact) mass is 242 g/mol. The molecule has 0 saturated heterocycles. The molecule has 0 heterocycles. The van der Waals surface area contributed by atoms with Gasteiger partial charge in [-0.2, -0.15) is 0 Å². The number of rotatable bonds is 5. The van der Waals surface area contributed by atoms with Gasteiger partial charge in [0.1, 0.15) is 0 Å². The van der Waals surface area contributed by atoms with Crippen LogP contribution in [0, 0.1) is 0 Å². The van der Waals surface area contributed by atoms with Crippen LogP contribution in [-0.2, 0) is 9.47 Å². The van der Waals surface area contributed by atoms with E-state index in [2.05, 4.69) is 9.47 Å². The number of ether oxygens (including phenoxy) is 2. The van der Waals surface area contributed by atoms with Crippen LogP contribution in [0.2, 0.25) is 0 Å². The second-order valence-corrected chi connectivity index (χ2v) is 2.92. The first-order valence-corrected chi connectivity index (χ1v) is 5.19. The summed E-state index contributed by atoms with van der Waals surface area (Å²) in [6, 6.07) is 8.88. The molecule has 0 saturated carbocycles. The van der Waals surface area contributed by atoms with Crippen molar-refractivity contribution in [3.05, 3.63) is 35.9 Å². The predicted octanol–water partition coefficient (Wildman–Crippen LogP) is 0.461. The largest absolute Gasteiger partial charge is 0.465 e. The Labute approximate surface area is 101 Å². The van der Waals surface area contributed by atoms with Gasteiger partial charge in [0.15, 0.2) is 0 Å². The lowest BCUT2D eigenvalue weighted by Gasteiger charge is -1.95. The van der Waals surface area contributed by atoms with Gasteiger partial charge in [0.25, 0.3) is 0 Å². The van der Waals surface area contributed by atoms with E-state index in [9.17, 15) is 4.79 Å². The minimum atomic E-state index is -0.291. The predicted molar refractivity (Wildman–Crippen MR) is 62.8 cm³/mol. The Balaban J connectivity index is 0.000000325. The number of hydrogen-bond acceptors (Lipinski definition) is 5. The van der Waals surface area contributed by atoms with Gasteiger partial charge >= 0.3 is 5.97 Å². The van der Waals surface area contributed by atoms with Crippen LogP contribution in [0.1, 0.15) is 10.4 Å². The summed E-state index contributed by atoms with van der Waals surface area (Å²) in [5.74, 6) is -0.291. The van der Waals surface area contributed by atoms with Crippen LogP contribution >= 0.6 is 0 Å². The highest BCUT2D eigenvalue weighted by atomic mass is 16.5. The van der Waals surface area contributed by atoms with Gasteiger partial charge in [-0.05, 0) is 12.1 Å². The highest BCUT2D eigenvalue weighted by Crippen LogP contribution is 1.98. The summed E-state index contributed by atoms with van der Waals surface area (Å²) in [6.45, 7) is 0.696. The maximum atomic E-state index is 10.8. The van der Waals surface area contributed by atoms with Gasteiger partial charge in [0, 0.05) is 0 Å². The van der Waals surface area contributed by atoms with Crippen molar-refractivity contribution in [2.45, 2.75) is 0 Å². The Morgan fingerprint density at radius 1 is 1.12 bits per heavy atom. The molecule has 0 aliphatic carbocycles. The number of benzene rings is 1. The average Bonchev–Trinajstić information content (AvgIpc) is 2.40. The van der Waals surface area contributed by atoms with Crippen LogP contribution in [0.3, 0.4) is 0 Å². The fraction of sp³-hybridized carbons (Fsp3) is 0.417. The van der Waals surface area contributed by atoms with Crippen molar-refractivity contribution < 1.29 is 24.5 Å². The first-order chi connectivity index (χ1) is 8.26. The summed E-state index contributed by atoms with van der Waals surface area (Å²) in [4.78, 5) is 10.8. The van der Waals surface area contributed by atoms with Gasteiger partial charge in [0.05, 0.1) is 39.1 Å². The molecule has 0 radical (unpaired) electrons. The second kappa shape index (κ2) is 11.1. The first kappa shape index (κ1) is 15.6. The first-order valence-electron chi connectivity index (χ1n) is 5.19. The molecular formula is C12H18O5. The fourth-order valence-corrected chi connectivity index (χ4v) is 0.923. The Bertz CT molecular complexity index is 282. The van der Waals surface area contributed by atoms with E-state index < -0.39 is 0 Å². The third-order valence-corrected chi connectivity index (χ3v) is 1.67. The van der Waals surface area contributed by atoms with Crippen LogP contribution in [-0.4, -0.2) is 49.7 Å². The number of carbonyl (C=O) groups excluding carboxylic acids is 1. The van der Waals surface area contributed by atoms with Crippen molar-refractivity contribution in [2.75, 3.05) is 33.5 Å². The number of esters is 1. The molecule has 1 rings (SSSR count). The summed E-state index contributed by atoms with van der Waals surface area (Å²) in [5.41, 5.74) is 0.588. The normalized spacial score (nSPS) is 9.12. The molecule has 0 spiro atoms. The summed E-state index contributed by atoms with van der Waals surface area (Å²) >= 11 is 0. The van der Waals surface area contributed by atoms with Crippen molar-refractivity contribution >= 4 is 5.97 Å². The quantitative estimate of drug-likeness (QED) is 0.579. The minimum absolute atomic E-state index is 0.0278. The Kier molecular flexibility index (Phi) is 10.1. The van der Waals surface area contributed by atoms with E-state index in [0.29, 0.717) is 18.8 Å². The van der Waals surface area contributed by atoms with E-state index in [0.717, 1.165) is 0 Å². The second-order valence-electron chi connectivity index (χ2n) is 2.92. The molecule has 1 aromatic rings. The lowest BCUT2D eigenvalue weighted by Crippen LogP contribution is -2.03. The Morgan fingerprint density at radius 3 is 2.06 bits per heavy atom. The molecule has 5 nitrogen and oxygen atoms in total. The third-order valence-electron chi connectivity index (χ3n) is 1.67. The van der Waals surface area contributed by atoms with Gasteiger partial charge in [0.2, 0.25) is 0 Å². The topological polar surface area (TPSA) is 76.0 Å². The van der Waals surface area contributed by atoms with Crippen molar-refractivity contribution in [2.24, 2.45) is 0 Å². The molecule has 0 aliphatic heterocycles. The minimum Gasteiger partial charge on any atom is -0.465 e. The van der Waals surface area contributed by atoms with E-state index in [4.69, 9.17) is 10.2 Å². The lowest BCUT2D eigenvalue weighted by molar-refractivity contribution is 0.0600. The Morgan fingerprint density at radius 2 is 1.65 bits per heavy atom. The maximum Gasteiger partial charge on any atom is 0.337 e. The highest BCUT2D eigenvalue weighted by molar-refractivity contribution is 5.89. The molecule has 96 valence electrons. The van der Waals surface area contributed by atoms with Crippen LogP contribution in [0.25, 0.3) is 0 Å². The summed E-state index contributed by atoms with van der Waals surface area (Å²) in [6.07, 6.45) is 0. The molecule has 0 aliphatic rings. The molecule has 0 fully saturated rings. The van der Waals surface area contributed by atoms with Gasteiger partial charge in [-0.15, -0.1) is 0 Å². The van der Waals surface area contributed by atoms with Crippen LogP contribution in [0.4, 0.5) is 0 Å². The van der Waals surface area contributed by atoms with Crippen LogP contribution in [0.15, 0.2) is 30.3 Å². The fourth-order valence-electron chi connectivity index (χ4n) is 0.923. The molecule has 0 unspecified atom stereocenters. The molecule has 0 atom stereocenters. The third kappa shape index (κ3) is 8.38. The summed E-state index contributed by atoms with van der Waals surface area (Å²) in [7, 11) is 1.37. The summed E-state index contributed by atoms with van der Waals surface area (Å²) < 4.78 is 9.13. The van der Waals surface area contributed by atoms with E-state index in [-0.39, 0.29) is 19.2 Å².